The predicted octanol–water partition coefficient (Wildman–Crippen LogP) is 3.23. The lowest BCUT2D eigenvalue weighted by molar-refractivity contribution is -0.143. The van der Waals surface area contributed by atoms with Gasteiger partial charge in [0.2, 0.25) is 5.91 Å². The first-order valence-electron chi connectivity index (χ1n) is 8.79. The van der Waals surface area contributed by atoms with Crippen LogP contribution in [0.5, 0.6) is 11.5 Å². The number of benzene rings is 2. The number of hydrogen-bond acceptors (Lipinski definition) is 4. The Labute approximate surface area is 154 Å². The molecule has 0 spiro atoms. The highest BCUT2D eigenvalue weighted by molar-refractivity contribution is 5.79. The van der Waals surface area contributed by atoms with Gasteiger partial charge in [0.05, 0.1) is 39.8 Å². The maximum atomic E-state index is 12.9. The Morgan fingerprint density at radius 2 is 1.85 bits per heavy atom. The Kier molecular flexibility index (Phi) is 5.78. The molecule has 2 atom stereocenters. The highest BCUT2D eigenvalue weighted by atomic mass is 16.5. The fraction of sp³-hybridized carbons (Fsp3) is 0.381. The molecule has 1 heterocycles. The van der Waals surface area contributed by atoms with Gasteiger partial charge in [-0.05, 0) is 30.2 Å². The van der Waals surface area contributed by atoms with E-state index in [1.165, 1.54) is 0 Å². The number of methoxy groups -OCH3 is 2. The number of carbonyl (C=O) groups is 1. The first-order valence-corrected chi connectivity index (χ1v) is 8.79. The van der Waals surface area contributed by atoms with Gasteiger partial charge in [0.1, 0.15) is 6.10 Å². The van der Waals surface area contributed by atoms with E-state index in [-0.39, 0.29) is 18.1 Å². The zero-order chi connectivity index (χ0) is 18.5. The summed E-state index contributed by atoms with van der Waals surface area (Å²) in [5.74, 6) is 1.39. The summed E-state index contributed by atoms with van der Waals surface area (Å²) in [7, 11) is 3.19. The van der Waals surface area contributed by atoms with Crippen molar-refractivity contribution in [2.75, 3.05) is 27.4 Å². The van der Waals surface area contributed by atoms with Crippen molar-refractivity contribution >= 4 is 5.91 Å². The summed E-state index contributed by atoms with van der Waals surface area (Å²) in [5, 5.41) is 0. The lowest BCUT2D eigenvalue weighted by atomic mass is 10.0. The van der Waals surface area contributed by atoms with Crippen LogP contribution < -0.4 is 9.47 Å². The number of ether oxygens (including phenoxy) is 3. The minimum absolute atomic E-state index is 0.0580. The fourth-order valence-corrected chi connectivity index (χ4v) is 3.24. The Morgan fingerprint density at radius 1 is 1.12 bits per heavy atom. The second-order valence-corrected chi connectivity index (χ2v) is 6.49. The molecule has 3 rings (SSSR count). The zero-order valence-corrected chi connectivity index (χ0v) is 15.5. The van der Waals surface area contributed by atoms with Crippen molar-refractivity contribution < 1.29 is 19.0 Å². The van der Waals surface area contributed by atoms with E-state index < -0.39 is 0 Å². The van der Waals surface area contributed by atoms with Crippen molar-refractivity contribution in [1.82, 2.24) is 4.90 Å². The number of amides is 1. The Hall–Kier alpha value is -2.53. The van der Waals surface area contributed by atoms with Crippen LogP contribution in [0.15, 0.2) is 48.5 Å². The third-order valence-electron chi connectivity index (χ3n) is 4.73. The van der Waals surface area contributed by atoms with E-state index in [9.17, 15) is 4.79 Å². The molecule has 2 unspecified atom stereocenters. The van der Waals surface area contributed by atoms with Gasteiger partial charge in [-0.25, -0.2) is 0 Å². The van der Waals surface area contributed by atoms with Crippen molar-refractivity contribution in [3.8, 4) is 11.5 Å². The first kappa shape index (κ1) is 18.3. The molecule has 2 aromatic rings. The normalized spacial score (nSPS) is 19.9. The van der Waals surface area contributed by atoms with Gasteiger partial charge in [0.25, 0.3) is 0 Å². The third-order valence-corrected chi connectivity index (χ3v) is 4.73. The van der Waals surface area contributed by atoms with Crippen LogP contribution in [0.2, 0.25) is 0 Å². The molecular weight excluding hydrogens is 330 g/mol. The lowest BCUT2D eigenvalue weighted by Crippen LogP contribution is -2.48. The van der Waals surface area contributed by atoms with Gasteiger partial charge in [-0.1, -0.05) is 36.4 Å². The third kappa shape index (κ3) is 3.99. The van der Waals surface area contributed by atoms with Gasteiger partial charge in [-0.3, -0.25) is 4.79 Å². The summed E-state index contributed by atoms with van der Waals surface area (Å²) in [6.07, 6.45) is 0.244. The SMILES string of the molecule is COc1ccc(CC(=O)N2CC(c3ccccc3)OCC2C)cc1OC. The van der Waals surface area contributed by atoms with E-state index in [0.29, 0.717) is 31.1 Å². The number of morpholine rings is 1. The molecule has 1 aliphatic heterocycles. The first-order chi connectivity index (χ1) is 12.6. The van der Waals surface area contributed by atoms with Crippen molar-refractivity contribution in [3.63, 3.8) is 0 Å². The molecule has 0 radical (unpaired) electrons. The molecule has 0 saturated carbocycles. The maximum Gasteiger partial charge on any atom is 0.227 e. The second kappa shape index (κ2) is 8.23. The van der Waals surface area contributed by atoms with Gasteiger partial charge in [0, 0.05) is 0 Å². The fourth-order valence-electron chi connectivity index (χ4n) is 3.24. The van der Waals surface area contributed by atoms with E-state index in [1.807, 2.05) is 60.4 Å². The van der Waals surface area contributed by atoms with Crippen molar-refractivity contribution in [2.24, 2.45) is 0 Å². The second-order valence-electron chi connectivity index (χ2n) is 6.49. The average molecular weight is 355 g/mol. The summed E-state index contributed by atoms with van der Waals surface area (Å²) in [5.41, 5.74) is 2.01. The van der Waals surface area contributed by atoms with Gasteiger partial charge in [-0.2, -0.15) is 0 Å². The number of rotatable bonds is 5. The van der Waals surface area contributed by atoms with Crippen LogP contribution in [0, 0.1) is 0 Å². The molecule has 1 amide bonds. The minimum atomic E-state index is -0.0817. The number of nitrogens with zero attached hydrogens (tertiary/aromatic N) is 1. The van der Waals surface area contributed by atoms with Crippen LogP contribution in [-0.4, -0.2) is 44.2 Å². The molecule has 1 fully saturated rings. The highest BCUT2D eigenvalue weighted by Gasteiger charge is 2.30. The van der Waals surface area contributed by atoms with E-state index in [0.717, 1.165) is 11.1 Å². The quantitative estimate of drug-likeness (QED) is 0.826. The van der Waals surface area contributed by atoms with Crippen molar-refractivity contribution in [1.29, 1.82) is 0 Å². The Bertz CT molecular complexity index is 747. The van der Waals surface area contributed by atoms with Crippen molar-refractivity contribution in [3.05, 3.63) is 59.7 Å². The summed E-state index contributed by atoms with van der Waals surface area (Å²) in [6, 6.07) is 15.7. The van der Waals surface area contributed by atoms with Crippen molar-refractivity contribution in [2.45, 2.75) is 25.5 Å². The molecule has 0 aromatic heterocycles. The molecule has 0 N–H and O–H groups in total. The summed E-state index contributed by atoms with van der Waals surface area (Å²) in [4.78, 5) is 14.8. The van der Waals surface area contributed by atoms with E-state index >= 15 is 0 Å². The van der Waals surface area contributed by atoms with Crippen LogP contribution in [0.3, 0.4) is 0 Å². The molecule has 1 saturated heterocycles. The monoisotopic (exact) mass is 355 g/mol. The molecule has 0 aliphatic carbocycles. The zero-order valence-electron chi connectivity index (χ0n) is 15.5. The smallest absolute Gasteiger partial charge is 0.227 e. The minimum Gasteiger partial charge on any atom is -0.493 e. The maximum absolute atomic E-state index is 12.9. The summed E-state index contributed by atoms with van der Waals surface area (Å²) in [6.45, 7) is 3.13. The summed E-state index contributed by atoms with van der Waals surface area (Å²) >= 11 is 0. The van der Waals surface area contributed by atoms with Gasteiger partial charge >= 0.3 is 0 Å². The van der Waals surface area contributed by atoms with Crippen LogP contribution >= 0.6 is 0 Å². The van der Waals surface area contributed by atoms with Gasteiger partial charge < -0.3 is 19.1 Å². The van der Waals surface area contributed by atoms with Gasteiger partial charge in [0.15, 0.2) is 11.5 Å². The van der Waals surface area contributed by atoms with Crippen LogP contribution in [0.1, 0.15) is 24.2 Å². The topological polar surface area (TPSA) is 48.0 Å². The largest absolute Gasteiger partial charge is 0.493 e. The van der Waals surface area contributed by atoms with Gasteiger partial charge in [-0.15, -0.1) is 0 Å². The molecule has 5 nitrogen and oxygen atoms in total. The number of hydrogen-bond donors (Lipinski definition) is 0. The Balaban J connectivity index is 1.72. The summed E-state index contributed by atoms with van der Waals surface area (Å²) < 4.78 is 16.5. The molecular formula is C21H25NO4. The molecule has 138 valence electrons. The molecule has 26 heavy (non-hydrogen) atoms. The molecule has 2 aromatic carbocycles. The lowest BCUT2D eigenvalue weighted by Gasteiger charge is -2.38. The molecule has 1 aliphatic rings. The molecule has 0 bridgehead atoms. The van der Waals surface area contributed by atoms with Crippen LogP contribution in [-0.2, 0) is 16.0 Å². The standard InChI is InChI=1S/C21H25NO4/c1-15-14-26-20(17-7-5-4-6-8-17)13-22(15)21(23)12-16-9-10-18(24-2)19(11-16)25-3/h4-11,15,20H,12-14H2,1-3H3. The average Bonchev–Trinajstić information content (AvgIpc) is 2.68. The van der Waals surface area contributed by atoms with Crippen LogP contribution in [0.25, 0.3) is 0 Å². The van der Waals surface area contributed by atoms with E-state index in [2.05, 4.69) is 0 Å². The predicted molar refractivity (Wildman–Crippen MR) is 99.6 cm³/mol. The van der Waals surface area contributed by atoms with E-state index in [4.69, 9.17) is 14.2 Å². The number of carbonyl (C=O) groups excluding carboxylic acids is 1. The highest BCUT2D eigenvalue weighted by Crippen LogP contribution is 2.29. The van der Waals surface area contributed by atoms with E-state index in [1.54, 1.807) is 14.2 Å². The van der Waals surface area contributed by atoms with Crippen LogP contribution in [0.4, 0.5) is 0 Å². The molecule has 5 heteroatoms. The Morgan fingerprint density at radius 3 is 2.54 bits per heavy atom.